The number of nitrogens with one attached hydrogen (secondary N) is 1. The normalized spacial score (nSPS) is 14.2. The molecule has 0 fully saturated rings. The summed E-state index contributed by atoms with van der Waals surface area (Å²) in [4.78, 5) is 0. The lowest BCUT2D eigenvalue weighted by atomic mass is 10.1. The van der Waals surface area contributed by atoms with Gasteiger partial charge in [-0.15, -0.1) is 0 Å². The summed E-state index contributed by atoms with van der Waals surface area (Å²) in [5, 5.41) is 0.122. The summed E-state index contributed by atoms with van der Waals surface area (Å²) in [6, 6.07) is 2.26. The standard InChI is InChI=1S/C8H10ClF3N2O/c9-7-2-1-6(15-7)5(14-13)3-4-8(10,11)12/h1-2,5,14H,3-4,13H2. The molecule has 0 saturated heterocycles. The van der Waals surface area contributed by atoms with Crippen LogP contribution < -0.4 is 11.3 Å². The first kappa shape index (κ1) is 12.4. The molecule has 1 unspecified atom stereocenters. The predicted octanol–water partition coefficient (Wildman–Crippen LogP) is 2.78. The van der Waals surface area contributed by atoms with Crippen LogP contribution in [0.2, 0.25) is 5.22 Å². The molecular weight excluding hydrogens is 233 g/mol. The minimum atomic E-state index is -4.20. The molecule has 0 amide bonds. The molecule has 15 heavy (non-hydrogen) atoms. The second-order valence-electron chi connectivity index (χ2n) is 3.01. The molecule has 86 valence electrons. The van der Waals surface area contributed by atoms with Crippen molar-refractivity contribution in [1.82, 2.24) is 5.43 Å². The molecule has 1 heterocycles. The van der Waals surface area contributed by atoms with Gasteiger partial charge in [0.2, 0.25) is 0 Å². The molecule has 3 nitrogen and oxygen atoms in total. The SMILES string of the molecule is NNC(CCC(F)(F)F)c1ccc(Cl)o1. The van der Waals surface area contributed by atoms with Crippen LogP contribution >= 0.6 is 11.6 Å². The van der Waals surface area contributed by atoms with E-state index in [1.165, 1.54) is 12.1 Å². The Labute approximate surface area is 89.3 Å². The number of nitrogens with two attached hydrogens (primary N) is 1. The molecule has 0 bridgehead atoms. The predicted molar refractivity (Wildman–Crippen MR) is 49.1 cm³/mol. The van der Waals surface area contributed by atoms with Crippen molar-refractivity contribution in [3.63, 3.8) is 0 Å². The van der Waals surface area contributed by atoms with Crippen molar-refractivity contribution >= 4 is 11.6 Å². The fourth-order valence-electron chi connectivity index (χ4n) is 1.13. The maximum absolute atomic E-state index is 11.9. The molecule has 0 aliphatic carbocycles. The number of furan rings is 1. The van der Waals surface area contributed by atoms with Gasteiger partial charge < -0.3 is 4.42 Å². The highest BCUT2D eigenvalue weighted by atomic mass is 35.5. The van der Waals surface area contributed by atoms with E-state index in [0.717, 1.165) is 0 Å². The van der Waals surface area contributed by atoms with Crippen LogP contribution in [0.3, 0.4) is 0 Å². The van der Waals surface area contributed by atoms with Gasteiger partial charge in [0.1, 0.15) is 5.76 Å². The van der Waals surface area contributed by atoms with Crippen molar-refractivity contribution in [3.8, 4) is 0 Å². The van der Waals surface area contributed by atoms with Crippen molar-refractivity contribution in [2.24, 2.45) is 5.84 Å². The molecule has 0 spiro atoms. The van der Waals surface area contributed by atoms with Crippen molar-refractivity contribution < 1.29 is 17.6 Å². The Bertz CT molecular complexity index is 313. The second kappa shape index (κ2) is 4.87. The molecule has 7 heteroatoms. The van der Waals surface area contributed by atoms with Gasteiger partial charge in [0.05, 0.1) is 6.04 Å². The summed E-state index contributed by atoms with van der Waals surface area (Å²) in [5.41, 5.74) is 2.25. The fourth-order valence-corrected chi connectivity index (χ4v) is 1.28. The summed E-state index contributed by atoms with van der Waals surface area (Å²) >= 11 is 5.49. The van der Waals surface area contributed by atoms with E-state index < -0.39 is 18.6 Å². The van der Waals surface area contributed by atoms with E-state index in [0.29, 0.717) is 5.76 Å². The van der Waals surface area contributed by atoms with Gasteiger partial charge in [-0.2, -0.15) is 13.2 Å². The quantitative estimate of drug-likeness (QED) is 0.631. The summed E-state index contributed by atoms with van der Waals surface area (Å²) in [5.74, 6) is 5.42. The van der Waals surface area contributed by atoms with Crippen LogP contribution in [0.15, 0.2) is 16.5 Å². The number of alkyl halides is 3. The van der Waals surface area contributed by atoms with Crippen LogP contribution in [0, 0.1) is 0 Å². The monoisotopic (exact) mass is 242 g/mol. The van der Waals surface area contributed by atoms with E-state index in [1.54, 1.807) is 0 Å². The minimum Gasteiger partial charge on any atom is -0.448 e. The molecular formula is C8H10ClF3N2O. The summed E-state index contributed by atoms with van der Waals surface area (Å²) < 4.78 is 40.8. The molecule has 1 rings (SSSR count). The Balaban J connectivity index is 2.57. The van der Waals surface area contributed by atoms with Crippen LogP contribution in [0.25, 0.3) is 0 Å². The number of hydrogen-bond acceptors (Lipinski definition) is 3. The molecule has 1 atom stereocenters. The van der Waals surface area contributed by atoms with E-state index in [1.807, 2.05) is 0 Å². The Morgan fingerprint density at radius 2 is 2.13 bits per heavy atom. The molecule has 0 aliphatic heterocycles. The third kappa shape index (κ3) is 4.11. The van der Waals surface area contributed by atoms with Crippen LogP contribution in [-0.2, 0) is 0 Å². The minimum absolute atomic E-state index is 0.122. The van der Waals surface area contributed by atoms with Gasteiger partial charge in [-0.3, -0.25) is 5.84 Å². The molecule has 3 N–H and O–H groups in total. The van der Waals surface area contributed by atoms with Crippen LogP contribution in [0.4, 0.5) is 13.2 Å². The maximum Gasteiger partial charge on any atom is 0.389 e. The maximum atomic E-state index is 11.9. The first-order valence-electron chi connectivity index (χ1n) is 4.20. The number of rotatable bonds is 4. The summed E-state index contributed by atoms with van der Waals surface area (Å²) in [6.45, 7) is 0. The average Bonchev–Trinajstić information content (AvgIpc) is 2.51. The molecule has 0 aromatic carbocycles. The molecule has 0 aliphatic rings. The highest BCUT2D eigenvalue weighted by Gasteiger charge is 2.29. The van der Waals surface area contributed by atoms with Crippen molar-refractivity contribution in [3.05, 3.63) is 23.1 Å². The zero-order chi connectivity index (χ0) is 11.5. The molecule has 0 saturated carbocycles. The second-order valence-corrected chi connectivity index (χ2v) is 3.39. The van der Waals surface area contributed by atoms with Gasteiger partial charge in [0.25, 0.3) is 0 Å². The van der Waals surface area contributed by atoms with Gasteiger partial charge >= 0.3 is 6.18 Å². The molecule has 1 aromatic heterocycles. The van der Waals surface area contributed by atoms with Crippen LogP contribution in [-0.4, -0.2) is 6.18 Å². The smallest absolute Gasteiger partial charge is 0.389 e. The Kier molecular flexibility index (Phi) is 4.01. The number of halogens is 4. The van der Waals surface area contributed by atoms with Gasteiger partial charge in [-0.25, -0.2) is 5.43 Å². The number of hydrogen-bond donors (Lipinski definition) is 2. The van der Waals surface area contributed by atoms with E-state index in [-0.39, 0.29) is 11.6 Å². The lowest BCUT2D eigenvalue weighted by molar-refractivity contribution is -0.136. The third-order valence-electron chi connectivity index (χ3n) is 1.86. The van der Waals surface area contributed by atoms with E-state index in [2.05, 4.69) is 5.43 Å². The molecule has 0 radical (unpaired) electrons. The van der Waals surface area contributed by atoms with Crippen molar-refractivity contribution in [1.29, 1.82) is 0 Å². The topological polar surface area (TPSA) is 51.2 Å². The lowest BCUT2D eigenvalue weighted by Crippen LogP contribution is -2.28. The average molecular weight is 243 g/mol. The largest absolute Gasteiger partial charge is 0.448 e. The van der Waals surface area contributed by atoms with Crippen molar-refractivity contribution in [2.75, 3.05) is 0 Å². The van der Waals surface area contributed by atoms with E-state index in [4.69, 9.17) is 21.9 Å². The van der Waals surface area contributed by atoms with Crippen molar-refractivity contribution in [2.45, 2.75) is 25.1 Å². The Morgan fingerprint density at radius 3 is 2.53 bits per heavy atom. The first-order valence-corrected chi connectivity index (χ1v) is 4.58. The van der Waals surface area contributed by atoms with Crippen LogP contribution in [0.5, 0.6) is 0 Å². The van der Waals surface area contributed by atoms with Gasteiger partial charge in [-0.05, 0) is 30.2 Å². The highest BCUT2D eigenvalue weighted by molar-refractivity contribution is 6.28. The fraction of sp³-hybridized carbons (Fsp3) is 0.500. The van der Waals surface area contributed by atoms with Gasteiger partial charge in [0.15, 0.2) is 5.22 Å². The highest BCUT2D eigenvalue weighted by Crippen LogP contribution is 2.28. The van der Waals surface area contributed by atoms with Gasteiger partial charge in [0, 0.05) is 6.42 Å². The van der Waals surface area contributed by atoms with Gasteiger partial charge in [-0.1, -0.05) is 0 Å². The Morgan fingerprint density at radius 1 is 1.47 bits per heavy atom. The van der Waals surface area contributed by atoms with Crippen LogP contribution in [0.1, 0.15) is 24.6 Å². The summed E-state index contributed by atoms with van der Waals surface area (Å²) in [6.07, 6.45) is -5.32. The molecule has 1 aromatic rings. The van der Waals surface area contributed by atoms with E-state index >= 15 is 0 Å². The Hall–Kier alpha value is -0.720. The lowest BCUT2D eigenvalue weighted by Gasteiger charge is -2.14. The number of hydrazine groups is 1. The zero-order valence-electron chi connectivity index (χ0n) is 7.64. The third-order valence-corrected chi connectivity index (χ3v) is 2.06. The summed E-state index contributed by atoms with van der Waals surface area (Å²) in [7, 11) is 0. The first-order chi connectivity index (χ1) is 6.92. The zero-order valence-corrected chi connectivity index (χ0v) is 8.40. The van der Waals surface area contributed by atoms with E-state index in [9.17, 15) is 13.2 Å².